The van der Waals surface area contributed by atoms with E-state index < -0.39 is 17.2 Å². The lowest BCUT2D eigenvalue weighted by Gasteiger charge is -2.16. The number of ether oxygens (including phenoxy) is 1. The van der Waals surface area contributed by atoms with Crippen LogP contribution >= 0.6 is 0 Å². The van der Waals surface area contributed by atoms with Crippen LogP contribution in [-0.4, -0.2) is 45.2 Å². The molecule has 0 atom stereocenters. The van der Waals surface area contributed by atoms with Crippen LogP contribution in [0.4, 0.5) is 0 Å². The maximum atomic E-state index is 12.9. The summed E-state index contributed by atoms with van der Waals surface area (Å²) in [4.78, 5) is 41.2. The van der Waals surface area contributed by atoms with E-state index in [0.29, 0.717) is 18.0 Å². The van der Waals surface area contributed by atoms with Crippen molar-refractivity contribution in [3.8, 4) is 11.4 Å². The van der Waals surface area contributed by atoms with Gasteiger partial charge in [0.2, 0.25) is 0 Å². The second-order valence-electron chi connectivity index (χ2n) is 6.14. The summed E-state index contributed by atoms with van der Waals surface area (Å²) in [5.41, 5.74) is -1.27. The molecule has 0 radical (unpaired) electrons. The van der Waals surface area contributed by atoms with Crippen LogP contribution in [0.2, 0.25) is 0 Å². The Hall–Kier alpha value is -2.87. The average molecular weight is 359 g/mol. The van der Waals surface area contributed by atoms with E-state index in [9.17, 15) is 19.5 Å². The van der Waals surface area contributed by atoms with Gasteiger partial charge in [-0.15, -0.1) is 0 Å². The molecule has 0 unspecified atom stereocenters. The minimum Gasteiger partial charge on any atom is -0.494 e. The van der Waals surface area contributed by atoms with E-state index in [4.69, 9.17) is 4.74 Å². The molecule has 0 spiro atoms. The highest BCUT2D eigenvalue weighted by Crippen LogP contribution is 2.15. The van der Waals surface area contributed by atoms with Crippen molar-refractivity contribution in [1.29, 1.82) is 0 Å². The third-order valence-electron chi connectivity index (χ3n) is 4.40. The summed E-state index contributed by atoms with van der Waals surface area (Å²) < 4.78 is 6.33. The standard InChI is InChI=1S/C18H21N3O5/c1-2-26-13-7-5-12(6-8-13)21-16(22)14(11-20-9-3-4-10-20)15(17(23)24)19-18(21)25/h5-8H,2-4,9-11H2,1H3,(H,19,25)(H,23,24). The molecule has 1 fully saturated rings. The Bertz CT molecular complexity index is 908. The molecule has 8 nitrogen and oxygen atoms in total. The summed E-state index contributed by atoms with van der Waals surface area (Å²) in [7, 11) is 0. The summed E-state index contributed by atoms with van der Waals surface area (Å²) in [6.45, 7) is 4.18. The molecule has 0 bridgehead atoms. The quantitative estimate of drug-likeness (QED) is 0.803. The van der Waals surface area contributed by atoms with Gasteiger partial charge in [0.05, 0.1) is 17.9 Å². The van der Waals surface area contributed by atoms with Crippen molar-refractivity contribution in [3.05, 3.63) is 56.4 Å². The number of hydrogen-bond acceptors (Lipinski definition) is 5. The summed E-state index contributed by atoms with van der Waals surface area (Å²) >= 11 is 0. The number of nitrogens with one attached hydrogen (secondary N) is 1. The van der Waals surface area contributed by atoms with Crippen LogP contribution in [-0.2, 0) is 6.54 Å². The van der Waals surface area contributed by atoms with Crippen LogP contribution in [0.25, 0.3) is 5.69 Å². The lowest BCUT2D eigenvalue weighted by Crippen LogP contribution is -2.40. The highest BCUT2D eigenvalue weighted by molar-refractivity contribution is 5.86. The SMILES string of the molecule is CCOc1ccc(-n2c(=O)[nH]c(C(=O)O)c(CN3CCCC3)c2=O)cc1. The smallest absolute Gasteiger partial charge is 0.352 e. The number of nitrogens with zero attached hydrogens (tertiary/aromatic N) is 2. The normalized spacial score (nSPS) is 14.5. The van der Waals surface area contributed by atoms with Crippen LogP contribution in [0.1, 0.15) is 35.8 Å². The first-order valence-corrected chi connectivity index (χ1v) is 8.58. The minimum absolute atomic E-state index is 0.0906. The van der Waals surface area contributed by atoms with Gasteiger partial charge in [-0.25, -0.2) is 14.2 Å². The molecule has 1 saturated heterocycles. The fraction of sp³-hybridized carbons (Fsp3) is 0.389. The van der Waals surface area contributed by atoms with Crippen LogP contribution in [0.15, 0.2) is 33.9 Å². The summed E-state index contributed by atoms with van der Waals surface area (Å²) in [5, 5.41) is 9.39. The fourth-order valence-electron chi connectivity index (χ4n) is 3.16. The van der Waals surface area contributed by atoms with Crippen molar-refractivity contribution >= 4 is 5.97 Å². The van der Waals surface area contributed by atoms with Crippen molar-refractivity contribution in [2.75, 3.05) is 19.7 Å². The van der Waals surface area contributed by atoms with Crippen molar-refractivity contribution in [2.45, 2.75) is 26.3 Å². The monoisotopic (exact) mass is 359 g/mol. The van der Waals surface area contributed by atoms with Gasteiger partial charge in [-0.05, 0) is 57.1 Å². The molecule has 3 rings (SSSR count). The molecule has 138 valence electrons. The zero-order chi connectivity index (χ0) is 18.7. The number of carboxylic acids is 1. The maximum Gasteiger partial charge on any atom is 0.352 e. The zero-order valence-electron chi connectivity index (χ0n) is 14.5. The van der Waals surface area contributed by atoms with E-state index in [1.54, 1.807) is 24.3 Å². The first-order valence-electron chi connectivity index (χ1n) is 8.58. The third-order valence-corrected chi connectivity index (χ3v) is 4.40. The fourth-order valence-corrected chi connectivity index (χ4v) is 3.16. The molecule has 2 N–H and O–H groups in total. The molecular weight excluding hydrogens is 338 g/mol. The number of hydrogen-bond donors (Lipinski definition) is 2. The lowest BCUT2D eigenvalue weighted by atomic mass is 10.2. The van der Waals surface area contributed by atoms with Gasteiger partial charge in [0, 0.05) is 6.54 Å². The number of carboxylic acid groups (broad SMARTS) is 1. The number of likely N-dealkylation sites (tertiary alicyclic amines) is 1. The highest BCUT2D eigenvalue weighted by Gasteiger charge is 2.23. The van der Waals surface area contributed by atoms with Crippen molar-refractivity contribution < 1.29 is 14.6 Å². The highest BCUT2D eigenvalue weighted by atomic mass is 16.5. The van der Waals surface area contributed by atoms with Gasteiger partial charge in [0.15, 0.2) is 0 Å². The zero-order valence-corrected chi connectivity index (χ0v) is 14.5. The van der Waals surface area contributed by atoms with Gasteiger partial charge < -0.3 is 14.8 Å². The second kappa shape index (κ2) is 7.57. The van der Waals surface area contributed by atoms with Crippen molar-refractivity contribution in [1.82, 2.24) is 14.5 Å². The van der Waals surface area contributed by atoms with Crippen molar-refractivity contribution in [2.24, 2.45) is 0 Å². The van der Waals surface area contributed by atoms with Crippen LogP contribution in [0, 0.1) is 0 Å². The molecule has 1 aliphatic rings. The topological polar surface area (TPSA) is 105 Å². The van der Waals surface area contributed by atoms with Crippen LogP contribution in [0.3, 0.4) is 0 Å². The number of carbonyl (C=O) groups is 1. The summed E-state index contributed by atoms with van der Waals surface area (Å²) in [5.74, 6) is -0.688. The van der Waals surface area contributed by atoms with E-state index in [2.05, 4.69) is 4.98 Å². The molecular formula is C18H21N3O5. The molecule has 2 aromatic rings. The molecule has 0 amide bonds. The van der Waals surface area contributed by atoms with Gasteiger partial charge in [-0.3, -0.25) is 9.69 Å². The number of aromatic carboxylic acids is 1. The average Bonchev–Trinajstić information content (AvgIpc) is 3.12. The van der Waals surface area contributed by atoms with Gasteiger partial charge in [0.25, 0.3) is 5.56 Å². The van der Waals surface area contributed by atoms with E-state index in [-0.39, 0.29) is 17.8 Å². The number of H-pyrrole nitrogens is 1. The second-order valence-corrected chi connectivity index (χ2v) is 6.14. The van der Waals surface area contributed by atoms with Crippen LogP contribution in [0.5, 0.6) is 5.75 Å². The first-order chi connectivity index (χ1) is 12.5. The Morgan fingerprint density at radius 3 is 2.42 bits per heavy atom. The van der Waals surface area contributed by atoms with Gasteiger partial charge in [0.1, 0.15) is 11.4 Å². The first kappa shape index (κ1) is 17.9. The summed E-state index contributed by atoms with van der Waals surface area (Å²) in [6.07, 6.45) is 2.03. The molecule has 1 aromatic heterocycles. The number of aromatic nitrogens is 2. The van der Waals surface area contributed by atoms with Crippen LogP contribution < -0.4 is 16.0 Å². The molecule has 0 saturated carbocycles. The Kier molecular flexibility index (Phi) is 5.22. The van der Waals surface area contributed by atoms with E-state index in [1.807, 2.05) is 11.8 Å². The molecule has 26 heavy (non-hydrogen) atoms. The van der Waals surface area contributed by atoms with E-state index in [1.165, 1.54) is 0 Å². The molecule has 1 aliphatic heterocycles. The Balaban J connectivity index is 2.09. The predicted octanol–water partition coefficient (Wildman–Crippen LogP) is 1.22. The van der Waals surface area contributed by atoms with Gasteiger partial charge in [-0.1, -0.05) is 0 Å². The van der Waals surface area contributed by atoms with E-state index in [0.717, 1.165) is 30.5 Å². The molecule has 0 aliphatic carbocycles. The van der Waals surface area contributed by atoms with Gasteiger partial charge in [-0.2, -0.15) is 0 Å². The minimum atomic E-state index is -1.31. The summed E-state index contributed by atoms with van der Waals surface area (Å²) in [6, 6.07) is 6.52. The predicted molar refractivity (Wildman–Crippen MR) is 95.3 cm³/mol. The Morgan fingerprint density at radius 1 is 1.19 bits per heavy atom. The van der Waals surface area contributed by atoms with Crippen molar-refractivity contribution in [3.63, 3.8) is 0 Å². The van der Waals surface area contributed by atoms with Gasteiger partial charge >= 0.3 is 11.7 Å². The number of benzene rings is 1. The third kappa shape index (κ3) is 3.55. The maximum absolute atomic E-state index is 12.9. The molecule has 8 heteroatoms. The Labute approximate surface area is 149 Å². The number of aromatic amines is 1. The molecule has 2 heterocycles. The Morgan fingerprint density at radius 2 is 1.85 bits per heavy atom. The molecule has 1 aromatic carbocycles. The van der Waals surface area contributed by atoms with E-state index >= 15 is 0 Å². The largest absolute Gasteiger partial charge is 0.494 e. The number of rotatable bonds is 6. The lowest BCUT2D eigenvalue weighted by molar-refractivity contribution is 0.0687.